The number of nitrogens with zero attached hydrogens (tertiary/aromatic N) is 1. The first kappa shape index (κ1) is 8.11. The van der Waals surface area contributed by atoms with Crippen molar-refractivity contribution in [3.63, 3.8) is 0 Å². The number of carbonyl (C=O) groups excluding carboxylic acids is 1. The van der Waals surface area contributed by atoms with Crippen molar-refractivity contribution in [1.82, 2.24) is 4.90 Å². The molecule has 1 rings (SSSR count). The third-order valence-corrected chi connectivity index (χ3v) is 1.76. The molecule has 0 aromatic carbocycles. The summed E-state index contributed by atoms with van der Waals surface area (Å²) in [6.07, 6.45) is 4.27. The van der Waals surface area contributed by atoms with Crippen molar-refractivity contribution in [1.29, 1.82) is 0 Å². The van der Waals surface area contributed by atoms with E-state index in [9.17, 15) is 4.79 Å². The number of amides is 1. The Morgan fingerprint density at radius 2 is 2.45 bits per heavy atom. The highest BCUT2D eigenvalue weighted by Gasteiger charge is 2.23. The van der Waals surface area contributed by atoms with E-state index in [2.05, 4.69) is 0 Å². The van der Waals surface area contributed by atoms with Crippen molar-refractivity contribution in [2.75, 3.05) is 6.61 Å². The summed E-state index contributed by atoms with van der Waals surface area (Å²) in [5, 5.41) is 0. The van der Waals surface area contributed by atoms with E-state index >= 15 is 0 Å². The highest BCUT2D eigenvalue weighted by atomic mass is 16.6. The maximum atomic E-state index is 11.0. The average molecular weight is 155 g/mol. The van der Waals surface area contributed by atoms with Crippen LogP contribution in [0.2, 0.25) is 0 Å². The Morgan fingerprint density at radius 3 is 3.00 bits per heavy atom. The van der Waals surface area contributed by atoms with Gasteiger partial charge in [-0.05, 0) is 13.8 Å². The summed E-state index contributed by atoms with van der Waals surface area (Å²) in [6.45, 7) is 4.45. The molecule has 11 heavy (non-hydrogen) atoms. The zero-order valence-electron chi connectivity index (χ0n) is 6.91. The van der Waals surface area contributed by atoms with Gasteiger partial charge in [0.05, 0.1) is 6.61 Å². The molecule has 1 fully saturated rings. The zero-order valence-corrected chi connectivity index (χ0v) is 6.91. The molecule has 0 aliphatic carbocycles. The summed E-state index contributed by atoms with van der Waals surface area (Å²) in [7, 11) is 0. The molecule has 1 atom stereocenters. The first-order chi connectivity index (χ1) is 5.25. The van der Waals surface area contributed by atoms with Gasteiger partial charge in [-0.3, -0.25) is 4.90 Å². The number of carbonyl (C=O) groups is 1. The van der Waals surface area contributed by atoms with E-state index < -0.39 is 0 Å². The molecule has 3 nitrogen and oxygen atoms in total. The number of allylic oxidation sites excluding steroid dienone is 1. The van der Waals surface area contributed by atoms with E-state index in [0.717, 1.165) is 6.42 Å². The Kier molecular flexibility index (Phi) is 2.52. The molecule has 1 aliphatic heterocycles. The molecule has 0 bridgehead atoms. The average Bonchev–Trinajstić information content (AvgIpc) is 1.97. The minimum absolute atomic E-state index is 0.234. The fraction of sp³-hybridized carbons (Fsp3) is 0.625. The van der Waals surface area contributed by atoms with Gasteiger partial charge in [-0.15, -0.1) is 0 Å². The van der Waals surface area contributed by atoms with Crippen molar-refractivity contribution in [2.24, 2.45) is 0 Å². The Hall–Kier alpha value is -0.990. The molecule has 0 saturated carbocycles. The minimum atomic E-state index is -0.234. The topological polar surface area (TPSA) is 29.5 Å². The second kappa shape index (κ2) is 3.42. The summed E-state index contributed by atoms with van der Waals surface area (Å²) >= 11 is 0. The Balaban J connectivity index is 2.62. The quantitative estimate of drug-likeness (QED) is 0.577. The first-order valence-electron chi connectivity index (χ1n) is 3.83. The SMILES string of the molecule is C/C=C/N1C(=O)OCC[C@H]1C. The third-order valence-electron chi connectivity index (χ3n) is 1.76. The Labute approximate surface area is 66.6 Å². The van der Waals surface area contributed by atoms with Gasteiger partial charge < -0.3 is 4.74 Å². The molecule has 3 heteroatoms. The molecular formula is C8H13NO2. The maximum absolute atomic E-state index is 11.0. The standard InChI is InChI=1S/C8H13NO2/c1-3-5-9-7(2)4-6-11-8(9)10/h3,5,7H,4,6H2,1-2H3/b5-3+/t7-/m1/s1. The molecule has 1 amide bonds. The lowest BCUT2D eigenvalue weighted by atomic mass is 10.2. The highest BCUT2D eigenvalue weighted by molar-refractivity contribution is 5.69. The fourth-order valence-corrected chi connectivity index (χ4v) is 1.08. The van der Waals surface area contributed by atoms with Crippen LogP contribution in [0.25, 0.3) is 0 Å². The molecule has 0 aromatic heterocycles. The van der Waals surface area contributed by atoms with Crippen molar-refractivity contribution in [2.45, 2.75) is 26.3 Å². The van der Waals surface area contributed by atoms with Gasteiger partial charge in [0, 0.05) is 18.7 Å². The predicted octanol–water partition coefficient (Wildman–Crippen LogP) is 1.75. The smallest absolute Gasteiger partial charge is 0.414 e. The lowest BCUT2D eigenvalue weighted by molar-refractivity contribution is 0.0697. The van der Waals surface area contributed by atoms with Crippen molar-refractivity contribution < 1.29 is 9.53 Å². The number of hydrogen-bond acceptors (Lipinski definition) is 2. The molecule has 1 saturated heterocycles. The monoisotopic (exact) mass is 155 g/mol. The van der Waals surface area contributed by atoms with Crippen LogP contribution in [0.4, 0.5) is 4.79 Å². The van der Waals surface area contributed by atoms with E-state index in [-0.39, 0.29) is 12.1 Å². The molecule has 0 unspecified atom stereocenters. The molecule has 0 aromatic rings. The zero-order chi connectivity index (χ0) is 8.27. The van der Waals surface area contributed by atoms with Crippen LogP contribution in [0.15, 0.2) is 12.3 Å². The second-order valence-electron chi connectivity index (χ2n) is 2.64. The van der Waals surface area contributed by atoms with E-state index in [1.807, 2.05) is 19.9 Å². The summed E-state index contributed by atoms with van der Waals surface area (Å²) in [5.41, 5.74) is 0. The Morgan fingerprint density at radius 1 is 1.73 bits per heavy atom. The van der Waals surface area contributed by atoms with Crippen LogP contribution in [0.1, 0.15) is 20.3 Å². The van der Waals surface area contributed by atoms with Gasteiger partial charge >= 0.3 is 6.09 Å². The number of rotatable bonds is 1. The summed E-state index contributed by atoms with van der Waals surface area (Å²) in [5.74, 6) is 0. The van der Waals surface area contributed by atoms with Crippen LogP contribution >= 0.6 is 0 Å². The number of hydrogen-bond donors (Lipinski definition) is 0. The minimum Gasteiger partial charge on any atom is -0.449 e. The first-order valence-corrected chi connectivity index (χ1v) is 3.83. The molecule has 1 heterocycles. The lowest BCUT2D eigenvalue weighted by Gasteiger charge is -2.29. The molecule has 62 valence electrons. The van der Waals surface area contributed by atoms with Gasteiger partial charge in [-0.25, -0.2) is 4.79 Å². The summed E-state index contributed by atoms with van der Waals surface area (Å²) in [6, 6.07) is 0.271. The van der Waals surface area contributed by atoms with Crippen molar-refractivity contribution in [3.8, 4) is 0 Å². The number of ether oxygens (including phenoxy) is 1. The molecule has 1 aliphatic rings. The summed E-state index contributed by atoms with van der Waals surface area (Å²) < 4.78 is 4.85. The number of cyclic esters (lactones) is 1. The van der Waals surface area contributed by atoms with Crippen LogP contribution < -0.4 is 0 Å². The van der Waals surface area contributed by atoms with Crippen LogP contribution in [0.3, 0.4) is 0 Å². The van der Waals surface area contributed by atoms with Gasteiger partial charge in [-0.1, -0.05) is 6.08 Å². The van der Waals surface area contributed by atoms with Crippen LogP contribution in [-0.2, 0) is 4.74 Å². The van der Waals surface area contributed by atoms with Gasteiger partial charge in [0.15, 0.2) is 0 Å². The second-order valence-corrected chi connectivity index (χ2v) is 2.64. The summed E-state index contributed by atoms with van der Waals surface area (Å²) in [4.78, 5) is 12.7. The van der Waals surface area contributed by atoms with Gasteiger partial charge in [0.1, 0.15) is 0 Å². The van der Waals surface area contributed by atoms with Crippen molar-refractivity contribution in [3.05, 3.63) is 12.3 Å². The van der Waals surface area contributed by atoms with Gasteiger partial charge in [0.2, 0.25) is 0 Å². The van der Waals surface area contributed by atoms with Gasteiger partial charge in [-0.2, -0.15) is 0 Å². The third kappa shape index (κ3) is 1.73. The molecule has 0 radical (unpaired) electrons. The van der Waals surface area contributed by atoms with E-state index in [0.29, 0.717) is 6.61 Å². The van der Waals surface area contributed by atoms with Crippen LogP contribution in [-0.4, -0.2) is 23.6 Å². The molecule has 0 N–H and O–H groups in total. The van der Waals surface area contributed by atoms with E-state index in [4.69, 9.17) is 4.74 Å². The largest absolute Gasteiger partial charge is 0.449 e. The normalized spacial score (nSPS) is 25.8. The lowest BCUT2D eigenvalue weighted by Crippen LogP contribution is -2.40. The van der Waals surface area contributed by atoms with Crippen molar-refractivity contribution >= 4 is 6.09 Å². The highest BCUT2D eigenvalue weighted by Crippen LogP contribution is 2.12. The maximum Gasteiger partial charge on any atom is 0.414 e. The van der Waals surface area contributed by atoms with Crippen LogP contribution in [0.5, 0.6) is 0 Å². The molecule has 0 spiro atoms. The predicted molar refractivity (Wildman–Crippen MR) is 42.1 cm³/mol. The Bertz CT molecular complexity index is 177. The van der Waals surface area contributed by atoms with E-state index in [1.54, 1.807) is 11.1 Å². The van der Waals surface area contributed by atoms with Gasteiger partial charge in [0.25, 0.3) is 0 Å². The molecular weight excluding hydrogens is 142 g/mol. The van der Waals surface area contributed by atoms with E-state index in [1.165, 1.54) is 0 Å². The van der Waals surface area contributed by atoms with Crippen LogP contribution in [0, 0.1) is 0 Å². The fourth-order valence-electron chi connectivity index (χ4n) is 1.08.